The molecule has 2 rings (SSSR count). The molecule has 0 saturated heterocycles. The highest BCUT2D eigenvalue weighted by Gasteiger charge is 2.15. The summed E-state index contributed by atoms with van der Waals surface area (Å²) < 4.78 is 5.20. The number of rotatable bonds is 8. The van der Waals surface area contributed by atoms with Crippen molar-refractivity contribution < 1.29 is 9.53 Å². The molecule has 2 heterocycles. The van der Waals surface area contributed by atoms with Crippen LogP contribution in [0.4, 0.5) is 4.79 Å². The minimum absolute atomic E-state index is 0.358. The summed E-state index contributed by atoms with van der Waals surface area (Å²) in [5.74, 6) is 0. The fourth-order valence-electron chi connectivity index (χ4n) is 2.59. The van der Waals surface area contributed by atoms with Crippen LogP contribution in [-0.4, -0.2) is 33.1 Å². The summed E-state index contributed by atoms with van der Waals surface area (Å²) in [4.78, 5) is 20.0. The van der Waals surface area contributed by atoms with Crippen LogP contribution in [0.3, 0.4) is 0 Å². The number of hydrogen-bond acceptors (Lipinski definition) is 4. The van der Waals surface area contributed by atoms with Gasteiger partial charge in [-0.1, -0.05) is 12.2 Å². The predicted molar refractivity (Wildman–Crippen MR) is 105 cm³/mol. The van der Waals surface area contributed by atoms with Crippen molar-refractivity contribution in [2.45, 2.75) is 58.5 Å². The van der Waals surface area contributed by atoms with Crippen LogP contribution in [0.1, 0.15) is 52.0 Å². The molecule has 0 spiro atoms. The number of aryl methyl sites for hydroxylation is 1. The van der Waals surface area contributed by atoms with Gasteiger partial charge in [0.1, 0.15) is 11.2 Å². The van der Waals surface area contributed by atoms with E-state index in [9.17, 15) is 4.79 Å². The van der Waals surface area contributed by atoms with E-state index >= 15 is 0 Å². The lowest BCUT2D eigenvalue weighted by molar-refractivity contribution is 0.0527. The van der Waals surface area contributed by atoms with E-state index in [0.29, 0.717) is 6.54 Å². The largest absolute Gasteiger partial charge is 0.444 e. The van der Waals surface area contributed by atoms with E-state index < -0.39 is 5.60 Å². The third kappa shape index (κ3) is 6.82. The van der Waals surface area contributed by atoms with E-state index in [4.69, 9.17) is 17.0 Å². The summed E-state index contributed by atoms with van der Waals surface area (Å²) in [6, 6.07) is 4.12. The zero-order valence-electron chi connectivity index (χ0n) is 15.2. The third-order valence-electron chi connectivity index (χ3n) is 3.77. The molecule has 0 atom stereocenters. The van der Waals surface area contributed by atoms with Crippen molar-refractivity contribution in [1.29, 1.82) is 0 Å². The molecule has 0 saturated carbocycles. The molecular weight excluding hydrogens is 334 g/mol. The number of aromatic amines is 1. The van der Waals surface area contributed by atoms with Gasteiger partial charge in [0, 0.05) is 24.3 Å². The molecule has 5 nitrogen and oxygen atoms in total. The summed E-state index contributed by atoms with van der Waals surface area (Å²) >= 11 is 5.49. The molecule has 0 radical (unpaired) electrons. The zero-order valence-corrected chi connectivity index (χ0v) is 16.0. The number of aromatic nitrogens is 2. The number of amides is 1. The maximum atomic E-state index is 11.5. The molecule has 0 aliphatic heterocycles. The lowest BCUT2D eigenvalue weighted by Gasteiger charge is -2.19. The molecule has 2 aromatic rings. The molecule has 0 aliphatic rings. The summed E-state index contributed by atoms with van der Waals surface area (Å²) in [5.41, 5.74) is 1.75. The number of alkyl carbamates (subject to hydrolysis) is 1. The van der Waals surface area contributed by atoms with Crippen molar-refractivity contribution >= 4 is 34.2 Å². The van der Waals surface area contributed by atoms with Crippen LogP contribution in [0.25, 0.3) is 11.0 Å². The van der Waals surface area contributed by atoms with Gasteiger partial charge in [0.2, 0.25) is 0 Å². The second-order valence-electron chi connectivity index (χ2n) is 7.13. The molecule has 6 heteroatoms. The van der Waals surface area contributed by atoms with Gasteiger partial charge in [0.15, 0.2) is 0 Å². The lowest BCUT2D eigenvalue weighted by atomic mass is 10.0. The van der Waals surface area contributed by atoms with Gasteiger partial charge in [-0.2, -0.15) is 0 Å². The smallest absolute Gasteiger partial charge is 0.407 e. The van der Waals surface area contributed by atoms with E-state index in [1.807, 2.05) is 33.2 Å². The number of ether oxygens (including phenoxy) is 1. The van der Waals surface area contributed by atoms with Gasteiger partial charge in [-0.15, -0.1) is 0 Å². The van der Waals surface area contributed by atoms with Gasteiger partial charge in [-0.05, 0) is 75.4 Å². The van der Waals surface area contributed by atoms with Crippen LogP contribution in [0.15, 0.2) is 24.5 Å². The van der Waals surface area contributed by atoms with Crippen LogP contribution in [0.2, 0.25) is 0 Å². The van der Waals surface area contributed by atoms with Crippen molar-refractivity contribution in [3.8, 4) is 0 Å². The highest BCUT2D eigenvalue weighted by Crippen LogP contribution is 2.17. The van der Waals surface area contributed by atoms with Crippen molar-refractivity contribution in [3.05, 3.63) is 30.1 Å². The van der Waals surface area contributed by atoms with Gasteiger partial charge >= 0.3 is 6.09 Å². The molecule has 0 aromatic carbocycles. The molecule has 0 aliphatic carbocycles. The van der Waals surface area contributed by atoms with Crippen LogP contribution < -0.4 is 5.32 Å². The Morgan fingerprint density at radius 1 is 1.28 bits per heavy atom. The zero-order chi connectivity index (χ0) is 18.3. The number of H-pyrrole nitrogens is 1. The van der Waals surface area contributed by atoms with E-state index in [-0.39, 0.29) is 6.09 Å². The average Bonchev–Trinajstić information content (AvgIpc) is 3.00. The molecule has 2 N–H and O–H groups in total. The second kappa shape index (κ2) is 8.94. The van der Waals surface area contributed by atoms with Crippen LogP contribution >= 0.6 is 12.2 Å². The van der Waals surface area contributed by atoms with Gasteiger partial charge in [-0.3, -0.25) is 0 Å². The standard InChI is InChI=1S/C19H27N3O2S/c1-19(2,3)24-18(23)22-11-5-4-6-15(25)8-7-14-9-12-20-17-16(14)10-13-21-17/h9-10,12-13H,4-8,11H2,1-3H3,(H,20,21)(H,22,23). The van der Waals surface area contributed by atoms with E-state index in [2.05, 4.69) is 27.4 Å². The number of unbranched alkanes of at least 4 members (excludes halogenated alkanes) is 1. The number of nitrogens with one attached hydrogen (secondary N) is 2. The number of pyridine rings is 1. The minimum atomic E-state index is -0.455. The van der Waals surface area contributed by atoms with Gasteiger partial charge < -0.3 is 15.0 Å². The number of carbonyl (C=O) groups is 1. The van der Waals surface area contributed by atoms with Crippen LogP contribution in [-0.2, 0) is 11.2 Å². The predicted octanol–water partition coefficient (Wildman–Crippen LogP) is 4.56. The van der Waals surface area contributed by atoms with Crippen LogP contribution in [0, 0.1) is 0 Å². The maximum Gasteiger partial charge on any atom is 0.407 e. The molecule has 1 amide bonds. The molecule has 25 heavy (non-hydrogen) atoms. The highest BCUT2D eigenvalue weighted by atomic mass is 32.1. The Bertz CT molecular complexity index is 719. The van der Waals surface area contributed by atoms with Crippen LogP contribution in [0.5, 0.6) is 0 Å². The van der Waals surface area contributed by atoms with Gasteiger partial charge in [0.25, 0.3) is 0 Å². The molecule has 0 fully saturated rings. The normalized spacial score (nSPS) is 11.5. The summed E-state index contributed by atoms with van der Waals surface area (Å²) in [5, 5.41) is 3.95. The molecular formula is C19H27N3O2S. The van der Waals surface area contributed by atoms with Gasteiger partial charge in [0.05, 0.1) is 0 Å². The lowest BCUT2D eigenvalue weighted by Crippen LogP contribution is -2.33. The quantitative estimate of drug-likeness (QED) is 0.534. The van der Waals surface area contributed by atoms with E-state index in [1.165, 1.54) is 10.9 Å². The number of carbonyl (C=O) groups excluding carboxylic acids is 1. The highest BCUT2D eigenvalue weighted by molar-refractivity contribution is 7.80. The maximum absolute atomic E-state index is 11.5. The van der Waals surface area contributed by atoms with Gasteiger partial charge in [-0.25, -0.2) is 9.78 Å². The van der Waals surface area contributed by atoms with Crippen molar-refractivity contribution in [3.63, 3.8) is 0 Å². The SMILES string of the molecule is CC(C)(C)OC(=O)NCCCCC(=S)CCc1ccnc2[nH]ccc12. The number of fused-ring (bicyclic) bond motifs is 1. The topological polar surface area (TPSA) is 67.0 Å². The summed E-state index contributed by atoms with van der Waals surface area (Å²) in [6.45, 7) is 6.19. The molecule has 0 bridgehead atoms. The Labute approximate surface area is 154 Å². The summed E-state index contributed by atoms with van der Waals surface area (Å²) in [7, 11) is 0. The Balaban J connectivity index is 1.62. The first kappa shape index (κ1) is 19.4. The first-order valence-corrected chi connectivity index (χ1v) is 9.15. The summed E-state index contributed by atoms with van der Waals surface area (Å²) in [6.07, 6.45) is 8.01. The van der Waals surface area contributed by atoms with E-state index in [1.54, 1.807) is 0 Å². The Morgan fingerprint density at radius 3 is 2.84 bits per heavy atom. The van der Waals surface area contributed by atoms with E-state index in [0.717, 1.165) is 42.6 Å². The molecule has 0 unspecified atom stereocenters. The first-order valence-electron chi connectivity index (χ1n) is 8.75. The molecule has 136 valence electrons. The minimum Gasteiger partial charge on any atom is -0.444 e. The average molecular weight is 362 g/mol. The van der Waals surface area contributed by atoms with Crippen molar-refractivity contribution in [1.82, 2.24) is 15.3 Å². The number of hydrogen-bond donors (Lipinski definition) is 2. The number of nitrogens with zero attached hydrogens (tertiary/aromatic N) is 1. The van der Waals surface area contributed by atoms with Crippen molar-refractivity contribution in [2.75, 3.05) is 6.54 Å². The fourth-order valence-corrected chi connectivity index (χ4v) is 2.83. The monoisotopic (exact) mass is 361 g/mol. The Kier molecular flexibility index (Phi) is 6.93. The van der Waals surface area contributed by atoms with Crippen molar-refractivity contribution in [2.24, 2.45) is 0 Å². The fraction of sp³-hybridized carbons (Fsp3) is 0.526. The Morgan fingerprint density at radius 2 is 2.08 bits per heavy atom. The first-order chi connectivity index (χ1) is 11.8. The second-order valence-corrected chi connectivity index (χ2v) is 7.71. The number of thiocarbonyl (C=S) groups is 1. The molecule has 2 aromatic heterocycles. The third-order valence-corrected chi connectivity index (χ3v) is 4.18. The Hall–Kier alpha value is -1.95.